The van der Waals surface area contributed by atoms with Crippen LogP contribution in [0, 0.1) is 5.92 Å². The molecular formula is C20H22O5. The van der Waals surface area contributed by atoms with E-state index in [9.17, 15) is 14.4 Å². The van der Waals surface area contributed by atoms with Crippen LogP contribution in [0.1, 0.15) is 45.1 Å². The summed E-state index contributed by atoms with van der Waals surface area (Å²) in [5, 5.41) is 0. The second kappa shape index (κ2) is 6.82. The number of carbonyl (C=O) groups is 3. The van der Waals surface area contributed by atoms with E-state index in [4.69, 9.17) is 9.47 Å². The Hall–Kier alpha value is -2.43. The Bertz CT molecular complexity index is 734. The van der Waals surface area contributed by atoms with Crippen molar-refractivity contribution in [3.05, 3.63) is 47.0 Å². The lowest BCUT2D eigenvalue weighted by atomic mass is 9.77. The molecule has 0 aromatic heterocycles. The van der Waals surface area contributed by atoms with Gasteiger partial charge in [0.05, 0.1) is 0 Å². The van der Waals surface area contributed by atoms with Gasteiger partial charge in [-0.2, -0.15) is 0 Å². The van der Waals surface area contributed by atoms with Gasteiger partial charge in [0.25, 0.3) is 5.60 Å². The molecule has 1 fully saturated rings. The van der Waals surface area contributed by atoms with Gasteiger partial charge in [-0.25, -0.2) is 4.79 Å². The third kappa shape index (κ3) is 2.99. The average Bonchev–Trinajstić information content (AvgIpc) is 2.83. The summed E-state index contributed by atoms with van der Waals surface area (Å²) in [6, 6.07) is 9.22. The van der Waals surface area contributed by atoms with Crippen molar-refractivity contribution in [1.82, 2.24) is 0 Å². The van der Waals surface area contributed by atoms with Crippen LogP contribution < -0.4 is 0 Å². The van der Waals surface area contributed by atoms with E-state index >= 15 is 0 Å². The molecule has 3 rings (SSSR count). The van der Waals surface area contributed by atoms with Crippen LogP contribution in [-0.4, -0.2) is 23.3 Å². The first-order valence-electron chi connectivity index (χ1n) is 8.62. The van der Waals surface area contributed by atoms with Crippen LogP contribution in [0.5, 0.6) is 0 Å². The van der Waals surface area contributed by atoms with E-state index in [1.807, 2.05) is 30.3 Å². The first kappa shape index (κ1) is 17.4. The summed E-state index contributed by atoms with van der Waals surface area (Å²) in [4.78, 5) is 37.6. The molecule has 0 heterocycles. The van der Waals surface area contributed by atoms with Gasteiger partial charge < -0.3 is 9.47 Å². The number of hydrogen-bond donors (Lipinski definition) is 0. The van der Waals surface area contributed by atoms with Crippen LogP contribution in [0.3, 0.4) is 0 Å². The number of ether oxygens (including phenoxy) is 2. The van der Waals surface area contributed by atoms with E-state index in [1.165, 1.54) is 6.92 Å². The number of esters is 2. The van der Waals surface area contributed by atoms with E-state index in [-0.39, 0.29) is 6.61 Å². The maximum atomic E-state index is 12.9. The molecule has 2 aliphatic rings. The molecule has 0 amide bonds. The number of rotatable bonds is 4. The van der Waals surface area contributed by atoms with E-state index in [0.29, 0.717) is 12.0 Å². The van der Waals surface area contributed by atoms with Gasteiger partial charge in [0.1, 0.15) is 6.61 Å². The molecule has 0 N–H and O–H groups in total. The van der Waals surface area contributed by atoms with Crippen molar-refractivity contribution < 1.29 is 23.9 Å². The topological polar surface area (TPSA) is 69.7 Å². The minimum absolute atomic E-state index is 0.0388. The Morgan fingerprint density at radius 1 is 1.20 bits per heavy atom. The van der Waals surface area contributed by atoms with E-state index < -0.39 is 29.2 Å². The summed E-state index contributed by atoms with van der Waals surface area (Å²) < 4.78 is 10.8. The lowest BCUT2D eigenvalue weighted by Crippen LogP contribution is -2.54. The van der Waals surface area contributed by atoms with Gasteiger partial charge in [-0.15, -0.1) is 0 Å². The molecule has 0 spiro atoms. The number of ketones is 1. The highest BCUT2D eigenvalue weighted by Crippen LogP contribution is 2.48. The number of Topliss-reactive ketones (excluding diaryl/α,β-unsaturated/α-hetero) is 1. The lowest BCUT2D eigenvalue weighted by Gasteiger charge is -2.34. The van der Waals surface area contributed by atoms with Gasteiger partial charge in [0.15, 0.2) is 0 Å². The molecule has 0 radical (unpaired) electrons. The maximum Gasteiger partial charge on any atom is 0.359 e. The molecule has 0 bridgehead atoms. The van der Waals surface area contributed by atoms with Crippen LogP contribution in [0.4, 0.5) is 0 Å². The summed E-state index contributed by atoms with van der Waals surface area (Å²) >= 11 is 0. The Morgan fingerprint density at radius 2 is 1.92 bits per heavy atom. The molecule has 5 heteroatoms. The summed E-state index contributed by atoms with van der Waals surface area (Å²) in [6.45, 7) is 2.97. The highest BCUT2D eigenvalue weighted by Gasteiger charge is 2.62. The molecule has 1 aromatic rings. The van der Waals surface area contributed by atoms with E-state index in [1.54, 1.807) is 6.92 Å². The van der Waals surface area contributed by atoms with Crippen molar-refractivity contribution >= 4 is 17.7 Å². The highest BCUT2D eigenvalue weighted by molar-refractivity contribution is 6.19. The molecule has 0 unspecified atom stereocenters. The Kier molecular flexibility index (Phi) is 4.75. The SMILES string of the molecule is CC(=O)O[C@]1(C(=O)OCc2ccccc2)C(=O)C(C)=C2CCCC[C@H]21. The van der Waals surface area contributed by atoms with Crippen molar-refractivity contribution in [1.29, 1.82) is 0 Å². The number of benzene rings is 1. The quantitative estimate of drug-likeness (QED) is 0.621. The molecule has 1 saturated carbocycles. The summed E-state index contributed by atoms with van der Waals surface area (Å²) in [7, 11) is 0. The van der Waals surface area contributed by atoms with Gasteiger partial charge in [-0.1, -0.05) is 42.3 Å². The van der Waals surface area contributed by atoms with Gasteiger partial charge in [-0.3, -0.25) is 9.59 Å². The zero-order chi connectivity index (χ0) is 18.0. The molecule has 0 aliphatic heterocycles. The highest BCUT2D eigenvalue weighted by atomic mass is 16.6. The maximum absolute atomic E-state index is 12.9. The predicted molar refractivity (Wildman–Crippen MR) is 90.4 cm³/mol. The fourth-order valence-electron chi connectivity index (χ4n) is 3.94. The second-order valence-electron chi connectivity index (χ2n) is 6.67. The molecule has 0 saturated heterocycles. The third-order valence-electron chi connectivity index (χ3n) is 5.08. The zero-order valence-electron chi connectivity index (χ0n) is 14.5. The molecule has 2 aliphatic carbocycles. The summed E-state index contributed by atoms with van der Waals surface area (Å²) in [5.41, 5.74) is 0.449. The fraction of sp³-hybridized carbons (Fsp3) is 0.450. The molecule has 132 valence electrons. The number of fused-ring (bicyclic) bond motifs is 1. The molecular weight excluding hydrogens is 320 g/mol. The summed E-state index contributed by atoms with van der Waals surface area (Å²) in [5.74, 6) is -2.24. The standard InChI is InChI=1S/C20H22O5/c1-13-16-10-6-7-11-17(16)20(18(13)22,25-14(2)21)19(23)24-12-15-8-4-3-5-9-15/h3-5,8-9,17H,6-7,10-12H2,1-2H3/t17-,20+/m1/s1. The normalized spacial score (nSPS) is 25.5. The van der Waals surface area contributed by atoms with Gasteiger partial charge >= 0.3 is 11.9 Å². The molecule has 2 atom stereocenters. The van der Waals surface area contributed by atoms with Crippen LogP contribution >= 0.6 is 0 Å². The monoisotopic (exact) mass is 342 g/mol. The Balaban J connectivity index is 1.90. The Labute approximate surface area is 147 Å². The van der Waals surface area contributed by atoms with Crippen molar-refractivity contribution in [2.24, 2.45) is 5.92 Å². The predicted octanol–water partition coefficient (Wildman–Crippen LogP) is 3.12. The van der Waals surface area contributed by atoms with Gasteiger partial charge in [0.2, 0.25) is 5.78 Å². The van der Waals surface area contributed by atoms with Gasteiger partial charge in [-0.05, 0) is 37.3 Å². The lowest BCUT2D eigenvalue weighted by molar-refractivity contribution is -0.189. The smallest absolute Gasteiger partial charge is 0.359 e. The van der Waals surface area contributed by atoms with Crippen LogP contribution in [0.25, 0.3) is 0 Å². The summed E-state index contributed by atoms with van der Waals surface area (Å²) in [6.07, 6.45) is 3.28. The number of hydrogen-bond acceptors (Lipinski definition) is 5. The minimum atomic E-state index is -1.85. The van der Waals surface area contributed by atoms with Crippen molar-refractivity contribution in [3.63, 3.8) is 0 Å². The first-order valence-corrected chi connectivity index (χ1v) is 8.62. The second-order valence-corrected chi connectivity index (χ2v) is 6.67. The fourth-order valence-corrected chi connectivity index (χ4v) is 3.94. The van der Waals surface area contributed by atoms with Crippen LogP contribution in [-0.2, 0) is 30.5 Å². The third-order valence-corrected chi connectivity index (χ3v) is 5.08. The van der Waals surface area contributed by atoms with Crippen LogP contribution in [0.15, 0.2) is 41.5 Å². The Morgan fingerprint density at radius 3 is 2.60 bits per heavy atom. The molecule has 1 aromatic carbocycles. The number of carbonyl (C=O) groups excluding carboxylic acids is 3. The van der Waals surface area contributed by atoms with Gasteiger partial charge in [0, 0.05) is 12.8 Å². The van der Waals surface area contributed by atoms with E-state index in [0.717, 1.165) is 30.4 Å². The van der Waals surface area contributed by atoms with Crippen molar-refractivity contribution in [3.8, 4) is 0 Å². The van der Waals surface area contributed by atoms with Crippen LogP contribution in [0.2, 0.25) is 0 Å². The van der Waals surface area contributed by atoms with Crippen molar-refractivity contribution in [2.45, 2.75) is 51.7 Å². The first-order chi connectivity index (χ1) is 12.0. The molecule has 5 nitrogen and oxygen atoms in total. The van der Waals surface area contributed by atoms with Crippen molar-refractivity contribution in [2.75, 3.05) is 0 Å². The molecule has 25 heavy (non-hydrogen) atoms. The average molecular weight is 342 g/mol. The zero-order valence-corrected chi connectivity index (χ0v) is 14.5. The largest absolute Gasteiger partial charge is 0.457 e. The minimum Gasteiger partial charge on any atom is -0.457 e. The van der Waals surface area contributed by atoms with E-state index in [2.05, 4.69) is 0 Å².